The van der Waals surface area contributed by atoms with Crippen LogP contribution in [0.1, 0.15) is 30.0 Å². The quantitative estimate of drug-likeness (QED) is 0.561. The van der Waals surface area contributed by atoms with Crippen LogP contribution in [0.4, 0.5) is 35.9 Å². The Morgan fingerprint density at radius 1 is 1.19 bits per heavy atom. The summed E-state index contributed by atoms with van der Waals surface area (Å²) in [5.41, 5.74) is 4.12. The highest BCUT2D eigenvalue weighted by atomic mass is 19.4. The summed E-state index contributed by atoms with van der Waals surface area (Å²) in [6.45, 7) is 2.33. The van der Waals surface area contributed by atoms with Crippen LogP contribution in [-0.2, 0) is 4.79 Å². The summed E-state index contributed by atoms with van der Waals surface area (Å²) in [5.74, 6) is -1.93. The first-order valence-electron chi connectivity index (χ1n) is 9.84. The Balaban J connectivity index is 1.79. The normalized spacial score (nSPS) is 20.3. The van der Waals surface area contributed by atoms with Crippen LogP contribution < -0.4 is 15.1 Å². The molecule has 2 heterocycles. The summed E-state index contributed by atoms with van der Waals surface area (Å²) >= 11 is 0. The highest BCUT2D eigenvalue weighted by Crippen LogP contribution is 2.49. The molecule has 0 bridgehead atoms. The molecule has 2 aliphatic rings. The van der Waals surface area contributed by atoms with Gasteiger partial charge < -0.3 is 15.1 Å². The smallest absolute Gasteiger partial charge is 0.363 e. The molecule has 2 atom stereocenters. The van der Waals surface area contributed by atoms with Crippen molar-refractivity contribution in [2.24, 2.45) is 0 Å². The summed E-state index contributed by atoms with van der Waals surface area (Å²) in [7, 11) is 1.82. The van der Waals surface area contributed by atoms with Gasteiger partial charge in [0.05, 0.1) is 22.3 Å². The van der Waals surface area contributed by atoms with E-state index in [1.165, 1.54) is 12.1 Å². The van der Waals surface area contributed by atoms with Gasteiger partial charge in [-0.15, -0.1) is 0 Å². The monoisotopic (exact) mass is 434 g/mol. The van der Waals surface area contributed by atoms with Crippen LogP contribution in [0.3, 0.4) is 0 Å². The fraction of sp³-hybridized carbons (Fsp3) is 0.381. The third-order valence-electron chi connectivity index (χ3n) is 6.03. The molecular weight excluding hydrogens is 413 g/mol. The number of non-ortho nitro benzene ring substituents is 1. The molecule has 1 amide bonds. The van der Waals surface area contributed by atoms with Gasteiger partial charge in [-0.3, -0.25) is 14.9 Å². The fourth-order valence-electron chi connectivity index (χ4n) is 4.58. The SMILES string of the molecule is Cc1cccc2c1C1CC(NC(=O)C(F)(F)F)CCN1c1ccc([N+](=O)[O-])cc1N2C. The highest BCUT2D eigenvalue weighted by molar-refractivity contribution is 5.84. The Morgan fingerprint density at radius 3 is 2.61 bits per heavy atom. The Hall–Kier alpha value is -3.30. The van der Waals surface area contributed by atoms with Crippen molar-refractivity contribution >= 4 is 28.7 Å². The van der Waals surface area contributed by atoms with Crippen LogP contribution in [0.5, 0.6) is 0 Å². The van der Waals surface area contributed by atoms with Crippen molar-refractivity contribution in [3.05, 3.63) is 57.6 Å². The standard InChI is InChI=1S/C21H21F3N4O3/c1-12-4-3-5-16-19(12)18-10-13(25-20(29)21(22,23)24)8-9-27(18)15-7-6-14(28(30)31)11-17(15)26(16)2/h3-7,11,13,18H,8-10H2,1-2H3,(H,25,29). The lowest BCUT2D eigenvalue weighted by molar-refractivity contribution is -0.384. The molecule has 0 spiro atoms. The number of halogens is 3. The topological polar surface area (TPSA) is 78.7 Å². The van der Waals surface area contributed by atoms with E-state index in [1.54, 1.807) is 6.07 Å². The number of piperidine rings is 1. The fourth-order valence-corrected chi connectivity index (χ4v) is 4.58. The van der Waals surface area contributed by atoms with Crippen LogP contribution >= 0.6 is 0 Å². The van der Waals surface area contributed by atoms with E-state index in [4.69, 9.17) is 0 Å². The number of hydrogen-bond acceptors (Lipinski definition) is 5. The molecule has 0 saturated carbocycles. The third-order valence-corrected chi connectivity index (χ3v) is 6.03. The molecule has 1 N–H and O–H groups in total. The predicted octanol–water partition coefficient (Wildman–Crippen LogP) is 4.37. The number of hydrogen-bond donors (Lipinski definition) is 1. The van der Waals surface area contributed by atoms with Crippen molar-refractivity contribution in [3.8, 4) is 0 Å². The average Bonchev–Trinajstić information content (AvgIpc) is 2.81. The number of amides is 1. The van der Waals surface area contributed by atoms with Crippen LogP contribution in [0.25, 0.3) is 0 Å². The van der Waals surface area contributed by atoms with Gasteiger partial charge in [0.1, 0.15) is 0 Å². The number of carbonyl (C=O) groups is 1. The molecule has 10 heteroatoms. The Labute approximate surface area is 176 Å². The molecule has 2 aliphatic heterocycles. The van der Waals surface area contributed by atoms with E-state index in [2.05, 4.69) is 10.2 Å². The molecule has 2 aromatic carbocycles. The van der Waals surface area contributed by atoms with Gasteiger partial charge >= 0.3 is 12.1 Å². The Bertz CT molecular complexity index is 1060. The number of aryl methyl sites for hydroxylation is 1. The maximum absolute atomic E-state index is 12.8. The van der Waals surface area contributed by atoms with Gasteiger partial charge in [-0.05, 0) is 37.5 Å². The maximum Gasteiger partial charge on any atom is 0.471 e. The number of anilines is 3. The summed E-state index contributed by atoms with van der Waals surface area (Å²) < 4.78 is 38.3. The molecule has 2 unspecified atom stereocenters. The molecule has 1 fully saturated rings. The van der Waals surface area contributed by atoms with Crippen molar-refractivity contribution in [1.82, 2.24) is 5.32 Å². The van der Waals surface area contributed by atoms with Crippen molar-refractivity contribution in [1.29, 1.82) is 0 Å². The summed E-state index contributed by atoms with van der Waals surface area (Å²) in [5, 5.41) is 13.5. The number of alkyl halides is 3. The van der Waals surface area contributed by atoms with Crippen LogP contribution in [0.2, 0.25) is 0 Å². The molecule has 2 aromatic rings. The van der Waals surface area contributed by atoms with Crippen molar-refractivity contribution in [3.63, 3.8) is 0 Å². The van der Waals surface area contributed by atoms with Crippen LogP contribution in [0.15, 0.2) is 36.4 Å². The van der Waals surface area contributed by atoms with Crippen LogP contribution in [-0.4, -0.2) is 36.6 Å². The second-order valence-corrected chi connectivity index (χ2v) is 7.90. The Morgan fingerprint density at radius 2 is 1.94 bits per heavy atom. The number of carbonyl (C=O) groups excluding carboxylic acids is 1. The van der Waals surface area contributed by atoms with E-state index >= 15 is 0 Å². The maximum atomic E-state index is 12.8. The zero-order valence-electron chi connectivity index (χ0n) is 16.9. The summed E-state index contributed by atoms with van der Waals surface area (Å²) in [6.07, 6.45) is -4.30. The van der Waals surface area contributed by atoms with E-state index in [0.717, 1.165) is 22.5 Å². The van der Waals surface area contributed by atoms with E-state index in [0.29, 0.717) is 25.1 Å². The first kappa shape index (κ1) is 21.0. The summed E-state index contributed by atoms with van der Waals surface area (Å²) in [4.78, 5) is 26.3. The molecule has 164 valence electrons. The first-order valence-corrected chi connectivity index (χ1v) is 9.84. The van der Waals surface area contributed by atoms with Gasteiger partial charge in [-0.1, -0.05) is 12.1 Å². The molecule has 7 nitrogen and oxygen atoms in total. The number of nitro groups is 1. The molecule has 1 saturated heterocycles. The molecule has 0 radical (unpaired) electrons. The molecule has 0 aromatic heterocycles. The summed E-state index contributed by atoms with van der Waals surface area (Å²) in [6, 6.07) is 9.43. The molecular formula is C21H21F3N4O3. The van der Waals surface area contributed by atoms with Crippen molar-refractivity contribution in [2.75, 3.05) is 23.4 Å². The van der Waals surface area contributed by atoms with Gasteiger partial charge in [-0.2, -0.15) is 13.2 Å². The lowest BCUT2D eigenvalue weighted by atomic mass is 9.88. The van der Waals surface area contributed by atoms with Gasteiger partial charge in [0.25, 0.3) is 5.69 Å². The number of nitro benzene ring substituents is 1. The second-order valence-electron chi connectivity index (χ2n) is 7.90. The van der Waals surface area contributed by atoms with E-state index in [9.17, 15) is 28.1 Å². The van der Waals surface area contributed by atoms with Gasteiger partial charge in [0.2, 0.25) is 0 Å². The van der Waals surface area contributed by atoms with E-state index < -0.39 is 23.0 Å². The Kier molecular flexibility index (Phi) is 5.03. The van der Waals surface area contributed by atoms with Gasteiger partial charge in [0.15, 0.2) is 0 Å². The minimum absolute atomic E-state index is 0.0365. The van der Waals surface area contributed by atoms with Gasteiger partial charge in [-0.25, -0.2) is 0 Å². The molecule has 31 heavy (non-hydrogen) atoms. The lowest BCUT2D eigenvalue weighted by Gasteiger charge is -2.41. The van der Waals surface area contributed by atoms with Crippen molar-refractivity contribution in [2.45, 2.75) is 38.0 Å². The van der Waals surface area contributed by atoms with Gasteiger partial charge in [0, 0.05) is 43.0 Å². The lowest BCUT2D eigenvalue weighted by Crippen LogP contribution is -2.49. The minimum Gasteiger partial charge on any atom is -0.363 e. The number of rotatable bonds is 2. The average molecular weight is 434 g/mol. The first-order chi connectivity index (χ1) is 14.6. The van der Waals surface area contributed by atoms with E-state index in [1.807, 2.05) is 37.1 Å². The van der Waals surface area contributed by atoms with Crippen LogP contribution in [0, 0.1) is 17.0 Å². The third kappa shape index (κ3) is 3.66. The highest BCUT2D eigenvalue weighted by Gasteiger charge is 2.42. The number of nitrogens with one attached hydrogen (secondary N) is 1. The zero-order chi connectivity index (χ0) is 22.5. The largest absolute Gasteiger partial charge is 0.471 e. The zero-order valence-corrected chi connectivity index (χ0v) is 16.9. The number of fused-ring (bicyclic) bond motifs is 5. The van der Waals surface area contributed by atoms with E-state index in [-0.39, 0.29) is 11.7 Å². The minimum atomic E-state index is -4.93. The van der Waals surface area contributed by atoms with Crippen molar-refractivity contribution < 1.29 is 22.9 Å². The molecule has 4 rings (SSSR count). The second kappa shape index (κ2) is 7.44. The predicted molar refractivity (Wildman–Crippen MR) is 110 cm³/mol. The number of nitrogens with zero attached hydrogens (tertiary/aromatic N) is 3. The number of benzene rings is 2. The molecule has 0 aliphatic carbocycles.